The Kier molecular flexibility index (Phi) is 7.05. The predicted octanol–water partition coefficient (Wildman–Crippen LogP) is 4.30. The van der Waals surface area contributed by atoms with Gasteiger partial charge in [-0.1, -0.05) is 30.0 Å². The van der Waals surface area contributed by atoms with E-state index < -0.39 is 0 Å². The van der Waals surface area contributed by atoms with E-state index in [1.54, 1.807) is 20.4 Å². The number of methoxy groups -OCH3 is 2. The summed E-state index contributed by atoms with van der Waals surface area (Å²) in [6.07, 6.45) is 3.69. The van der Waals surface area contributed by atoms with Crippen molar-refractivity contribution >= 4 is 17.7 Å². The second-order valence-electron chi connectivity index (χ2n) is 6.97. The van der Waals surface area contributed by atoms with Crippen molar-refractivity contribution in [1.29, 1.82) is 0 Å². The fourth-order valence-electron chi connectivity index (χ4n) is 3.09. The number of imidazole rings is 1. The van der Waals surface area contributed by atoms with E-state index in [4.69, 9.17) is 9.47 Å². The van der Waals surface area contributed by atoms with Crippen molar-refractivity contribution in [3.05, 3.63) is 65.5 Å². The zero-order valence-corrected chi connectivity index (χ0v) is 18.7. The number of nitrogens with zero attached hydrogens (tertiary/aromatic N) is 2. The molecule has 6 nitrogen and oxygen atoms in total. The molecule has 1 N–H and O–H groups in total. The molecule has 1 amide bonds. The number of carbonyl (C=O) groups is 1. The molecule has 0 spiro atoms. The number of rotatable bonds is 8. The van der Waals surface area contributed by atoms with Crippen molar-refractivity contribution in [2.75, 3.05) is 14.2 Å². The number of hydrogen-bond donors (Lipinski definition) is 1. The number of ether oxygens (including phenoxy) is 2. The molecule has 3 aromatic rings. The molecule has 0 aliphatic rings. The first-order valence-electron chi connectivity index (χ1n) is 9.69. The first kappa shape index (κ1) is 21.8. The lowest BCUT2D eigenvalue weighted by Gasteiger charge is -2.15. The third kappa shape index (κ3) is 4.79. The van der Waals surface area contributed by atoms with Crippen LogP contribution in [0, 0.1) is 13.8 Å². The van der Waals surface area contributed by atoms with Crippen LogP contribution in [-0.4, -0.2) is 34.9 Å². The number of carbonyl (C=O) groups excluding carboxylic acids is 1. The molecule has 0 bridgehead atoms. The van der Waals surface area contributed by atoms with Gasteiger partial charge in [0.25, 0.3) is 0 Å². The normalized spacial score (nSPS) is 11.8. The van der Waals surface area contributed by atoms with Gasteiger partial charge in [0, 0.05) is 18.9 Å². The third-order valence-electron chi connectivity index (χ3n) is 5.01. The van der Waals surface area contributed by atoms with Crippen molar-refractivity contribution in [2.45, 2.75) is 37.7 Å². The molecular weight excluding hydrogens is 398 g/mol. The molecule has 30 heavy (non-hydrogen) atoms. The zero-order chi connectivity index (χ0) is 21.7. The molecule has 0 fully saturated rings. The zero-order valence-electron chi connectivity index (χ0n) is 17.9. The Bertz CT molecular complexity index is 1030. The van der Waals surface area contributed by atoms with Gasteiger partial charge in [-0.05, 0) is 55.7 Å². The Morgan fingerprint density at radius 2 is 1.93 bits per heavy atom. The summed E-state index contributed by atoms with van der Waals surface area (Å²) < 4.78 is 12.6. The quantitative estimate of drug-likeness (QED) is 0.545. The number of nitrogens with one attached hydrogen (secondary N) is 1. The topological polar surface area (TPSA) is 65.4 Å². The summed E-state index contributed by atoms with van der Waals surface area (Å²) in [6, 6.07) is 11.8. The lowest BCUT2D eigenvalue weighted by Crippen LogP contribution is -2.30. The molecule has 1 atom stereocenters. The van der Waals surface area contributed by atoms with Gasteiger partial charge < -0.3 is 14.8 Å². The molecule has 2 aromatic carbocycles. The van der Waals surface area contributed by atoms with Crippen LogP contribution < -0.4 is 14.8 Å². The van der Waals surface area contributed by atoms with Crippen LogP contribution in [0.1, 0.15) is 23.6 Å². The van der Waals surface area contributed by atoms with Crippen LogP contribution in [0.4, 0.5) is 0 Å². The van der Waals surface area contributed by atoms with Crippen LogP contribution in [0.2, 0.25) is 0 Å². The Hall–Kier alpha value is -2.93. The Morgan fingerprint density at radius 3 is 2.67 bits per heavy atom. The fourth-order valence-corrected chi connectivity index (χ4v) is 3.99. The van der Waals surface area contributed by atoms with E-state index in [2.05, 4.69) is 36.3 Å². The molecular formula is C23H27N3O3S. The number of hydrogen-bond acceptors (Lipinski definition) is 5. The summed E-state index contributed by atoms with van der Waals surface area (Å²) in [7, 11) is 3.19. The predicted molar refractivity (Wildman–Crippen MR) is 120 cm³/mol. The standard InChI is InChI=1S/C23H27N3O3S/c1-15-7-6-8-19(16(15)2)26-12-11-24-23(26)30-17(3)22(27)25-14-18-9-10-20(28-4)21(13-18)29-5/h6-13,17H,14H2,1-5H3,(H,25,27). The van der Waals surface area contributed by atoms with Crippen LogP contribution in [0.15, 0.2) is 53.9 Å². The van der Waals surface area contributed by atoms with Gasteiger partial charge in [-0.25, -0.2) is 4.98 Å². The van der Waals surface area contributed by atoms with Crippen LogP contribution in [0.5, 0.6) is 11.5 Å². The highest BCUT2D eigenvalue weighted by molar-refractivity contribution is 8.00. The van der Waals surface area contributed by atoms with Gasteiger partial charge in [-0.15, -0.1) is 0 Å². The summed E-state index contributed by atoms with van der Waals surface area (Å²) in [6.45, 7) is 6.48. The highest BCUT2D eigenvalue weighted by Crippen LogP contribution is 2.28. The van der Waals surface area contributed by atoms with Crippen LogP contribution >= 0.6 is 11.8 Å². The number of benzene rings is 2. The number of amides is 1. The Morgan fingerprint density at radius 1 is 1.17 bits per heavy atom. The van der Waals surface area contributed by atoms with Crippen molar-refractivity contribution in [3.8, 4) is 17.2 Å². The van der Waals surface area contributed by atoms with E-state index in [0.717, 1.165) is 16.4 Å². The summed E-state index contributed by atoms with van der Waals surface area (Å²) >= 11 is 1.44. The second-order valence-corrected chi connectivity index (χ2v) is 8.27. The molecule has 0 radical (unpaired) electrons. The monoisotopic (exact) mass is 425 g/mol. The highest BCUT2D eigenvalue weighted by Gasteiger charge is 2.18. The van der Waals surface area contributed by atoms with Gasteiger partial charge in [-0.3, -0.25) is 9.36 Å². The van der Waals surface area contributed by atoms with Crippen LogP contribution in [0.25, 0.3) is 5.69 Å². The second kappa shape index (κ2) is 9.71. The number of aromatic nitrogens is 2. The van der Waals surface area contributed by atoms with E-state index in [1.807, 2.05) is 42.0 Å². The Balaban J connectivity index is 1.66. The first-order valence-corrected chi connectivity index (χ1v) is 10.6. The third-order valence-corrected chi connectivity index (χ3v) is 6.09. The Labute approximate surface area is 181 Å². The molecule has 1 unspecified atom stereocenters. The largest absolute Gasteiger partial charge is 0.493 e. The number of aryl methyl sites for hydroxylation is 1. The van der Waals surface area contributed by atoms with Gasteiger partial charge in [0.05, 0.1) is 25.2 Å². The van der Waals surface area contributed by atoms with E-state index in [9.17, 15) is 4.79 Å². The molecule has 0 saturated heterocycles. The molecule has 158 valence electrons. The minimum Gasteiger partial charge on any atom is -0.493 e. The SMILES string of the molecule is COc1ccc(CNC(=O)C(C)Sc2nccn2-c2cccc(C)c2C)cc1OC. The molecule has 3 rings (SSSR count). The van der Waals surface area contributed by atoms with Crippen LogP contribution in [-0.2, 0) is 11.3 Å². The first-order chi connectivity index (χ1) is 14.4. The van der Waals surface area contributed by atoms with Crippen molar-refractivity contribution < 1.29 is 14.3 Å². The maximum atomic E-state index is 12.7. The average molecular weight is 426 g/mol. The molecule has 0 aliphatic heterocycles. The van der Waals surface area contributed by atoms with E-state index in [1.165, 1.54) is 22.9 Å². The van der Waals surface area contributed by atoms with E-state index in [-0.39, 0.29) is 11.2 Å². The maximum Gasteiger partial charge on any atom is 0.233 e. The minimum absolute atomic E-state index is 0.0506. The van der Waals surface area contributed by atoms with Gasteiger partial charge >= 0.3 is 0 Å². The molecule has 7 heteroatoms. The van der Waals surface area contributed by atoms with Crippen molar-refractivity contribution in [1.82, 2.24) is 14.9 Å². The summed E-state index contributed by atoms with van der Waals surface area (Å²) in [5.41, 5.74) is 4.43. The molecule has 0 aliphatic carbocycles. The highest BCUT2D eigenvalue weighted by atomic mass is 32.2. The lowest BCUT2D eigenvalue weighted by molar-refractivity contribution is -0.120. The maximum absolute atomic E-state index is 12.7. The van der Waals surface area contributed by atoms with E-state index in [0.29, 0.717) is 18.0 Å². The van der Waals surface area contributed by atoms with Gasteiger partial charge in [0.2, 0.25) is 5.91 Å². The average Bonchev–Trinajstić information content (AvgIpc) is 3.21. The van der Waals surface area contributed by atoms with Gasteiger partial charge in [0.1, 0.15) is 0 Å². The molecule has 0 saturated carbocycles. The van der Waals surface area contributed by atoms with Crippen molar-refractivity contribution in [2.24, 2.45) is 0 Å². The smallest absolute Gasteiger partial charge is 0.233 e. The number of thioether (sulfide) groups is 1. The van der Waals surface area contributed by atoms with Crippen LogP contribution in [0.3, 0.4) is 0 Å². The van der Waals surface area contributed by atoms with Gasteiger partial charge in [-0.2, -0.15) is 0 Å². The van der Waals surface area contributed by atoms with E-state index >= 15 is 0 Å². The summed E-state index contributed by atoms with van der Waals surface area (Å²) in [4.78, 5) is 17.1. The fraction of sp³-hybridized carbons (Fsp3) is 0.304. The lowest BCUT2D eigenvalue weighted by atomic mass is 10.1. The van der Waals surface area contributed by atoms with Gasteiger partial charge in [0.15, 0.2) is 16.7 Å². The minimum atomic E-state index is -0.295. The molecule has 1 aromatic heterocycles. The molecule has 1 heterocycles. The summed E-state index contributed by atoms with van der Waals surface area (Å²) in [5, 5.41) is 3.48. The summed E-state index contributed by atoms with van der Waals surface area (Å²) in [5.74, 6) is 1.25. The van der Waals surface area contributed by atoms with Crippen molar-refractivity contribution in [3.63, 3.8) is 0 Å².